The van der Waals surface area contributed by atoms with Gasteiger partial charge < -0.3 is 15.2 Å². The Morgan fingerprint density at radius 3 is 2.93 bits per heavy atom. The molecule has 2 amide bonds. The van der Waals surface area contributed by atoms with E-state index in [1.165, 1.54) is 0 Å². The predicted octanol–water partition coefficient (Wildman–Crippen LogP) is 0.973. The number of anilines is 2. The van der Waals surface area contributed by atoms with E-state index >= 15 is 0 Å². The number of rotatable bonds is 3. The Morgan fingerprint density at radius 2 is 2.15 bits per heavy atom. The van der Waals surface area contributed by atoms with Crippen molar-refractivity contribution in [3.63, 3.8) is 0 Å². The molecule has 0 bridgehead atoms. The fourth-order valence-corrected chi connectivity index (χ4v) is 3.88. The molecule has 0 spiro atoms. The second kappa shape index (κ2) is 6.47. The minimum atomic E-state index is -0.697. The Kier molecular flexibility index (Phi) is 4.11. The summed E-state index contributed by atoms with van der Waals surface area (Å²) in [6.07, 6.45) is 1.17. The summed E-state index contributed by atoms with van der Waals surface area (Å²) in [5.41, 5.74) is 0.0841. The molecule has 0 radical (unpaired) electrons. The topological polar surface area (TPSA) is 128 Å². The number of aromatic amines is 2. The lowest BCUT2D eigenvalue weighted by atomic mass is 10.1. The first-order valence-electron chi connectivity index (χ1n) is 8.21. The van der Waals surface area contributed by atoms with E-state index in [-0.39, 0.29) is 24.6 Å². The molecule has 1 aliphatic rings. The first-order valence-corrected chi connectivity index (χ1v) is 9.03. The number of carbonyl (C=O) groups is 2. The van der Waals surface area contributed by atoms with E-state index in [0.717, 1.165) is 21.4 Å². The first-order chi connectivity index (χ1) is 12.9. The zero-order valence-electron chi connectivity index (χ0n) is 14.2. The molecule has 4 rings (SSSR count). The van der Waals surface area contributed by atoms with Crippen molar-refractivity contribution in [1.82, 2.24) is 15.0 Å². The van der Waals surface area contributed by atoms with Crippen LogP contribution in [0.4, 0.5) is 11.4 Å². The number of nitrogens with zero attached hydrogens (tertiary/aromatic N) is 2. The molecule has 1 unspecified atom stereocenters. The van der Waals surface area contributed by atoms with Crippen molar-refractivity contribution in [2.45, 2.75) is 13.3 Å². The molecule has 0 aliphatic carbocycles. The summed E-state index contributed by atoms with van der Waals surface area (Å²) in [5.74, 6) is -1.22. The third kappa shape index (κ3) is 3.26. The summed E-state index contributed by atoms with van der Waals surface area (Å²) in [6, 6.07) is 5.59. The molecule has 10 heteroatoms. The number of fused-ring (bicyclic) bond motifs is 1. The van der Waals surface area contributed by atoms with Crippen LogP contribution in [0.15, 0.2) is 34.0 Å². The van der Waals surface area contributed by atoms with Crippen molar-refractivity contribution in [2.24, 2.45) is 5.92 Å². The Morgan fingerprint density at radius 1 is 1.33 bits per heavy atom. The van der Waals surface area contributed by atoms with Crippen LogP contribution in [-0.2, 0) is 9.59 Å². The number of aromatic nitrogens is 3. The van der Waals surface area contributed by atoms with Gasteiger partial charge in [-0.05, 0) is 25.1 Å². The second-order valence-corrected chi connectivity index (χ2v) is 7.50. The Hall–Kier alpha value is -3.27. The van der Waals surface area contributed by atoms with E-state index in [1.54, 1.807) is 16.2 Å². The van der Waals surface area contributed by atoms with Crippen LogP contribution in [-0.4, -0.2) is 33.3 Å². The van der Waals surface area contributed by atoms with E-state index < -0.39 is 23.1 Å². The maximum absolute atomic E-state index is 12.4. The number of nitrogens with one attached hydrogen (secondary N) is 3. The largest absolute Gasteiger partial charge is 0.325 e. The number of carbonyl (C=O) groups excluding carboxylic acids is 2. The fourth-order valence-electron chi connectivity index (χ4n) is 3.07. The number of thiazole rings is 1. The number of H-pyrrole nitrogens is 2. The van der Waals surface area contributed by atoms with Gasteiger partial charge in [0.25, 0.3) is 5.56 Å². The first kappa shape index (κ1) is 17.2. The van der Waals surface area contributed by atoms with Crippen molar-refractivity contribution in [1.29, 1.82) is 0 Å². The number of aryl methyl sites for hydroxylation is 1. The van der Waals surface area contributed by atoms with Crippen LogP contribution < -0.4 is 21.5 Å². The molecule has 2 aromatic heterocycles. The predicted molar refractivity (Wildman–Crippen MR) is 101 cm³/mol. The van der Waals surface area contributed by atoms with E-state index in [9.17, 15) is 19.2 Å². The molecule has 1 aromatic carbocycles. The van der Waals surface area contributed by atoms with Crippen molar-refractivity contribution >= 4 is 44.7 Å². The lowest BCUT2D eigenvalue weighted by Crippen LogP contribution is -2.31. The minimum absolute atomic E-state index is 0.0429. The molecular weight excluding hydrogens is 370 g/mol. The van der Waals surface area contributed by atoms with Gasteiger partial charge >= 0.3 is 5.69 Å². The lowest BCUT2D eigenvalue weighted by Gasteiger charge is -2.16. The zero-order chi connectivity index (χ0) is 19.1. The second-order valence-electron chi connectivity index (χ2n) is 6.27. The van der Waals surface area contributed by atoms with Gasteiger partial charge in [0.2, 0.25) is 11.8 Å². The lowest BCUT2D eigenvalue weighted by molar-refractivity contribution is -0.122. The van der Waals surface area contributed by atoms with Crippen LogP contribution in [0.25, 0.3) is 10.2 Å². The van der Waals surface area contributed by atoms with Crippen molar-refractivity contribution < 1.29 is 9.59 Å². The van der Waals surface area contributed by atoms with E-state index in [2.05, 4.69) is 15.3 Å². The highest BCUT2D eigenvalue weighted by Gasteiger charge is 2.35. The summed E-state index contributed by atoms with van der Waals surface area (Å²) in [4.78, 5) is 57.9. The van der Waals surface area contributed by atoms with Gasteiger partial charge in [0, 0.05) is 24.8 Å². The number of benzene rings is 1. The molecule has 9 nitrogen and oxygen atoms in total. The van der Waals surface area contributed by atoms with Gasteiger partial charge in [0.05, 0.1) is 21.1 Å². The van der Waals surface area contributed by atoms with Crippen LogP contribution in [0, 0.1) is 12.8 Å². The molecule has 1 atom stereocenters. The Bertz CT molecular complexity index is 1180. The van der Waals surface area contributed by atoms with E-state index in [4.69, 9.17) is 0 Å². The molecule has 0 saturated carbocycles. The molecule has 1 fully saturated rings. The van der Waals surface area contributed by atoms with Crippen molar-refractivity contribution in [3.05, 3.63) is 50.2 Å². The standard InChI is InChI=1S/C17H15N5O4S/c1-8-19-11-5-10(2-3-13(11)27-8)22-7-9(4-14(22)23)15(24)20-12-6-18-17(26)21-16(12)25/h2-3,5-6,9H,4,7H2,1H3,(H,20,24)(H2,18,21,25,26). The van der Waals surface area contributed by atoms with Gasteiger partial charge in [-0.25, -0.2) is 9.78 Å². The summed E-state index contributed by atoms with van der Waals surface area (Å²) in [5, 5.41) is 3.41. The summed E-state index contributed by atoms with van der Waals surface area (Å²) in [6.45, 7) is 2.13. The minimum Gasteiger partial charge on any atom is -0.320 e. The third-order valence-electron chi connectivity index (χ3n) is 4.36. The van der Waals surface area contributed by atoms with Gasteiger partial charge in [0.15, 0.2) is 0 Å². The zero-order valence-corrected chi connectivity index (χ0v) is 15.1. The highest BCUT2D eigenvalue weighted by atomic mass is 32.1. The summed E-state index contributed by atoms with van der Waals surface area (Å²) < 4.78 is 1.04. The highest BCUT2D eigenvalue weighted by Crippen LogP contribution is 2.30. The molecule has 1 aliphatic heterocycles. The molecular formula is C17H15N5O4S. The van der Waals surface area contributed by atoms with Crippen LogP contribution in [0.5, 0.6) is 0 Å². The molecule has 3 aromatic rings. The summed E-state index contributed by atoms with van der Waals surface area (Å²) >= 11 is 1.58. The number of amides is 2. The van der Waals surface area contributed by atoms with Gasteiger partial charge in [-0.2, -0.15) is 0 Å². The van der Waals surface area contributed by atoms with E-state index in [1.807, 2.05) is 30.1 Å². The highest BCUT2D eigenvalue weighted by molar-refractivity contribution is 7.18. The quantitative estimate of drug-likeness (QED) is 0.619. The van der Waals surface area contributed by atoms with Crippen LogP contribution >= 0.6 is 11.3 Å². The fraction of sp³-hybridized carbons (Fsp3) is 0.235. The monoisotopic (exact) mass is 385 g/mol. The van der Waals surface area contributed by atoms with Crippen LogP contribution in [0.3, 0.4) is 0 Å². The molecule has 1 saturated heterocycles. The summed E-state index contributed by atoms with van der Waals surface area (Å²) in [7, 11) is 0. The van der Waals surface area contributed by atoms with Crippen LogP contribution in [0.1, 0.15) is 11.4 Å². The average molecular weight is 385 g/mol. The average Bonchev–Trinajstić information content (AvgIpc) is 3.18. The third-order valence-corrected chi connectivity index (χ3v) is 5.31. The Labute approximate surface area is 156 Å². The van der Waals surface area contributed by atoms with Crippen molar-refractivity contribution in [2.75, 3.05) is 16.8 Å². The Balaban J connectivity index is 1.53. The maximum atomic E-state index is 12.4. The molecule has 27 heavy (non-hydrogen) atoms. The van der Waals surface area contributed by atoms with E-state index in [0.29, 0.717) is 5.69 Å². The van der Waals surface area contributed by atoms with Gasteiger partial charge in [-0.15, -0.1) is 11.3 Å². The van der Waals surface area contributed by atoms with Crippen LogP contribution in [0.2, 0.25) is 0 Å². The normalized spacial score (nSPS) is 16.9. The maximum Gasteiger partial charge on any atom is 0.325 e. The van der Waals surface area contributed by atoms with Gasteiger partial charge in [0.1, 0.15) is 5.69 Å². The smallest absolute Gasteiger partial charge is 0.320 e. The van der Waals surface area contributed by atoms with Gasteiger partial charge in [-0.3, -0.25) is 19.4 Å². The molecule has 3 N–H and O–H groups in total. The van der Waals surface area contributed by atoms with Gasteiger partial charge in [-0.1, -0.05) is 0 Å². The number of hydrogen-bond acceptors (Lipinski definition) is 6. The SMILES string of the molecule is Cc1nc2cc(N3CC(C(=O)Nc4c[nH]c(=O)[nH]c4=O)CC3=O)ccc2s1. The van der Waals surface area contributed by atoms with Crippen molar-refractivity contribution in [3.8, 4) is 0 Å². The number of hydrogen-bond donors (Lipinski definition) is 3. The molecule has 3 heterocycles. The molecule has 138 valence electrons.